The van der Waals surface area contributed by atoms with Crippen LogP contribution in [0.4, 0.5) is 19.2 Å². The Morgan fingerprint density at radius 2 is 1.83 bits per heavy atom. The summed E-state index contributed by atoms with van der Waals surface area (Å²) in [6, 6.07) is 9.26. The zero-order chi connectivity index (χ0) is 17.2. The molecule has 5 nitrogen and oxygen atoms in total. The molecule has 1 amide bonds. The third kappa shape index (κ3) is 3.43. The highest BCUT2D eigenvalue weighted by Gasteiger charge is 2.30. The molecule has 1 aromatic carbocycles. The van der Waals surface area contributed by atoms with Crippen molar-refractivity contribution in [3.05, 3.63) is 66.2 Å². The summed E-state index contributed by atoms with van der Waals surface area (Å²) in [7, 11) is 0. The molecule has 0 radical (unpaired) electrons. The zero-order valence-corrected chi connectivity index (χ0v) is 12.0. The van der Waals surface area contributed by atoms with Gasteiger partial charge in [-0.05, 0) is 24.3 Å². The maximum Gasteiger partial charge on any atom is 0.416 e. The van der Waals surface area contributed by atoms with Gasteiger partial charge in [0, 0.05) is 11.8 Å². The number of halogens is 3. The van der Waals surface area contributed by atoms with E-state index in [9.17, 15) is 18.0 Å². The van der Waals surface area contributed by atoms with Crippen molar-refractivity contribution >= 4 is 11.9 Å². The molecule has 8 heteroatoms. The minimum atomic E-state index is -4.40. The predicted molar refractivity (Wildman–Crippen MR) is 79.1 cm³/mol. The van der Waals surface area contributed by atoms with E-state index in [2.05, 4.69) is 15.3 Å². The number of nitrogens with one attached hydrogen (secondary N) is 1. The average molecular weight is 333 g/mol. The Kier molecular flexibility index (Phi) is 4.03. The van der Waals surface area contributed by atoms with E-state index in [0.717, 1.165) is 12.1 Å². The monoisotopic (exact) mass is 333 g/mol. The number of aromatic nitrogens is 2. The molecule has 2 aromatic heterocycles. The van der Waals surface area contributed by atoms with Gasteiger partial charge in [-0.1, -0.05) is 18.2 Å². The highest BCUT2D eigenvalue weighted by atomic mass is 19.4. The summed E-state index contributed by atoms with van der Waals surface area (Å²) in [5.41, 5.74) is 0.176. The quantitative estimate of drug-likeness (QED) is 0.786. The predicted octanol–water partition coefficient (Wildman–Crippen LogP) is 4.01. The van der Waals surface area contributed by atoms with Gasteiger partial charge in [-0.3, -0.25) is 15.1 Å². The Morgan fingerprint density at radius 1 is 1.08 bits per heavy atom. The topological polar surface area (TPSA) is 68.0 Å². The van der Waals surface area contributed by atoms with Crippen LogP contribution in [0.1, 0.15) is 16.1 Å². The van der Waals surface area contributed by atoms with Crippen LogP contribution in [0.3, 0.4) is 0 Å². The lowest BCUT2D eigenvalue weighted by Gasteiger charge is -2.06. The minimum Gasteiger partial charge on any atom is -0.431 e. The molecule has 3 aromatic rings. The van der Waals surface area contributed by atoms with Gasteiger partial charge in [0.15, 0.2) is 0 Å². The van der Waals surface area contributed by atoms with Gasteiger partial charge in [0.25, 0.3) is 5.91 Å². The van der Waals surface area contributed by atoms with Crippen molar-refractivity contribution in [1.82, 2.24) is 9.97 Å². The van der Waals surface area contributed by atoms with E-state index in [1.165, 1.54) is 30.7 Å². The second kappa shape index (κ2) is 6.15. The Hall–Kier alpha value is -3.16. The van der Waals surface area contributed by atoms with E-state index in [1.807, 2.05) is 0 Å². The molecule has 0 aliphatic rings. The van der Waals surface area contributed by atoms with E-state index in [4.69, 9.17) is 4.42 Å². The molecule has 24 heavy (non-hydrogen) atoms. The van der Waals surface area contributed by atoms with Crippen molar-refractivity contribution in [3.8, 4) is 11.3 Å². The Morgan fingerprint density at radius 3 is 2.46 bits per heavy atom. The second-order valence-corrected chi connectivity index (χ2v) is 4.78. The highest BCUT2D eigenvalue weighted by molar-refractivity contribution is 6.01. The van der Waals surface area contributed by atoms with Crippen molar-refractivity contribution in [2.75, 3.05) is 5.32 Å². The summed E-state index contributed by atoms with van der Waals surface area (Å²) >= 11 is 0. The van der Waals surface area contributed by atoms with Crippen LogP contribution in [0.5, 0.6) is 0 Å². The van der Waals surface area contributed by atoms with Crippen LogP contribution in [0.15, 0.2) is 59.3 Å². The number of hydrogen-bond acceptors (Lipinski definition) is 4. The number of carbonyl (C=O) groups is 1. The molecule has 0 bridgehead atoms. The van der Waals surface area contributed by atoms with Gasteiger partial charge in [0.05, 0.1) is 5.56 Å². The minimum absolute atomic E-state index is 0.0689. The molecule has 3 rings (SSSR count). The van der Waals surface area contributed by atoms with Gasteiger partial charge in [0.2, 0.25) is 0 Å². The fourth-order valence-corrected chi connectivity index (χ4v) is 1.95. The Balaban J connectivity index is 1.75. The first kappa shape index (κ1) is 15.7. The molecular weight excluding hydrogens is 323 g/mol. The summed E-state index contributed by atoms with van der Waals surface area (Å²) < 4.78 is 42.7. The maximum absolute atomic E-state index is 12.5. The lowest BCUT2D eigenvalue weighted by atomic mass is 10.1. The molecule has 0 spiro atoms. The van der Waals surface area contributed by atoms with Crippen LogP contribution in [0.2, 0.25) is 0 Å². The van der Waals surface area contributed by atoms with Gasteiger partial charge in [-0.2, -0.15) is 18.2 Å². The van der Waals surface area contributed by atoms with Crippen molar-refractivity contribution in [2.24, 2.45) is 0 Å². The number of nitrogens with zero attached hydrogens (tertiary/aromatic N) is 2. The van der Waals surface area contributed by atoms with Gasteiger partial charge in [-0.25, -0.2) is 0 Å². The molecule has 0 saturated carbocycles. The summed E-state index contributed by atoms with van der Waals surface area (Å²) in [5.74, 6) is -0.503. The molecule has 0 unspecified atom stereocenters. The van der Waals surface area contributed by atoms with Crippen LogP contribution in [-0.4, -0.2) is 15.9 Å². The van der Waals surface area contributed by atoms with Crippen molar-refractivity contribution < 1.29 is 22.4 Å². The standard InChI is InChI=1S/C16H10F3N3O2/c17-16(18,19)11-6-4-10(5-7-11)13-9-24-15(21-13)22-14(23)12-3-1-2-8-20-12/h1-9H,(H,21,22,23). The number of rotatable bonds is 3. The molecule has 122 valence electrons. The SMILES string of the molecule is O=C(Nc1nc(-c2ccc(C(F)(F)F)cc2)co1)c1ccccn1. The summed E-state index contributed by atoms with van der Waals surface area (Å²) in [6.07, 6.45) is -1.68. The summed E-state index contributed by atoms with van der Waals surface area (Å²) in [5, 5.41) is 2.42. The summed E-state index contributed by atoms with van der Waals surface area (Å²) in [4.78, 5) is 19.8. The number of carbonyl (C=O) groups excluding carboxylic acids is 1. The molecular formula is C16H10F3N3O2. The molecule has 0 aliphatic heterocycles. The summed E-state index contributed by atoms with van der Waals surface area (Å²) in [6.45, 7) is 0. The second-order valence-electron chi connectivity index (χ2n) is 4.78. The van der Waals surface area contributed by atoms with E-state index >= 15 is 0 Å². The van der Waals surface area contributed by atoms with Crippen molar-refractivity contribution in [2.45, 2.75) is 6.18 Å². The van der Waals surface area contributed by atoms with Crippen molar-refractivity contribution in [3.63, 3.8) is 0 Å². The number of benzene rings is 1. The number of alkyl halides is 3. The fraction of sp³-hybridized carbons (Fsp3) is 0.0625. The molecule has 0 aliphatic carbocycles. The first-order chi connectivity index (χ1) is 11.4. The van der Waals surface area contributed by atoms with E-state index in [0.29, 0.717) is 11.3 Å². The van der Waals surface area contributed by atoms with Gasteiger partial charge in [0.1, 0.15) is 17.7 Å². The van der Waals surface area contributed by atoms with Crippen LogP contribution in [0.25, 0.3) is 11.3 Å². The Bertz CT molecular complexity index is 843. The highest BCUT2D eigenvalue weighted by Crippen LogP contribution is 2.31. The number of pyridine rings is 1. The Labute approximate surface area is 134 Å². The lowest BCUT2D eigenvalue weighted by molar-refractivity contribution is -0.137. The number of oxazole rings is 1. The molecule has 2 heterocycles. The van der Waals surface area contributed by atoms with Gasteiger partial charge in [-0.15, -0.1) is 0 Å². The van der Waals surface area contributed by atoms with E-state index < -0.39 is 17.6 Å². The van der Waals surface area contributed by atoms with E-state index in [-0.39, 0.29) is 11.7 Å². The van der Waals surface area contributed by atoms with Crippen LogP contribution >= 0.6 is 0 Å². The first-order valence-corrected chi connectivity index (χ1v) is 6.79. The van der Waals surface area contributed by atoms with Gasteiger partial charge >= 0.3 is 12.2 Å². The first-order valence-electron chi connectivity index (χ1n) is 6.79. The fourth-order valence-electron chi connectivity index (χ4n) is 1.95. The van der Waals surface area contributed by atoms with Crippen LogP contribution < -0.4 is 5.32 Å². The van der Waals surface area contributed by atoms with Gasteiger partial charge < -0.3 is 4.42 Å². The number of hydrogen-bond donors (Lipinski definition) is 1. The number of anilines is 1. The van der Waals surface area contributed by atoms with Crippen molar-refractivity contribution in [1.29, 1.82) is 0 Å². The molecule has 1 N–H and O–H groups in total. The van der Waals surface area contributed by atoms with E-state index in [1.54, 1.807) is 12.1 Å². The smallest absolute Gasteiger partial charge is 0.416 e. The lowest BCUT2D eigenvalue weighted by Crippen LogP contribution is -2.13. The van der Waals surface area contributed by atoms with Crippen LogP contribution in [0, 0.1) is 0 Å². The zero-order valence-electron chi connectivity index (χ0n) is 12.0. The molecule has 0 atom stereocenters. The molecule has 0 fully saturated rings. The van der Waals surface area contributed by atoms with Crippen LogP contribution in [-0.2, 0) is 6.18 Å². The largest absolute Gasteiger partial charge is 0.431 e. The maximum atomic E-state index is 12.5. The third-order valence-corrected chi connectivity index (χ3v) is 3.13. The molecule has 0 saturated heterocycles. The third-order valence-electron chi connectivity index (χ3n) is 3.13. The average Bonchev–Trinajstić information content (AvgIpc) is 3.03. The normalized spacial score (nSPS) is 11.3. The number of amides is 1.